The van der Waals surface area contributed by atoms with Gasteiger partial charge in [0, 0.05) is 23.0 Å². The molecule has 0 aromatic heterocycles. The first-order chi connectivity index (χ1) is 9.58. The summed E-state index contributed by atoms with van der Waals surface area (Å²) in [6.07, 6.45) is 2.84. The Morgan fingerprint density at radius 2 is 2.15 bits per heavy atom. The van der Waals surface area contributed by atoms with Crippen LogP contribution in [0.25, 0.3) is 0 Å². The van der Waals surface area contributed by atoms with Gasteiger partial charge in [0.05, 0.1) is 13.7 Å². The highest BCUT2D eigenvalue weighted by molar-refractivity contribution is 6.30. The van der Waals surface area contributed by atoms with Gasteiger partial charge in [-0.1, -0.05) is 18.0 Å². The van der Waals surface area contributed by atoms with Gasteiger partial charge >= 0.3 is 5.97 Å². The number of carbonyl (C=O) groups is 1. The molecule has 0 aliphatic heterocycles. The third-order valence-electron chi connectivity index (χ3n) is 3.04. The van der Waals surface area contributed by atoms with Crippen molar-refractivity contribution in [1.82, 2.24) is 0 Å². The van der Waals surface area contributed by atoms with Gasteiger partial charge in [-0.05, 0) is 38.0 Å². The van der Waals surface area contributed by atoms with Crippen LogP contribution in [0.3, 0.4) is 0 Å². The van der Waals surface area contributed by atoms with Crippen LogP contribution in [0, 0.1) is 0 Å². The standard InChI is InChI=1S/C15H22ClNO3/c1-3-20-15(18)7-5-4-6-13(17)12-10-11(16)8-9-14(12)19-2/h8-10,13H,3-7,17H2,1-2H3. The van der Waals surface area contributed by atoms with Gasteiger partial charge in [-0.25, -0.2) is 0 Å². The second-order valence-electron chi connectivity index (χ2n) is 4.54. The molecule has 1 aromatic carbocycles. The quantitative estimate of drug-likeness (QED) is 0.590. The predicted octanol–water partition coefficient (Wildman–Crippen LogP) is 3.47. The molecule has 4 nitrogen and oxygen atoms in total. The number of hydrogen-bond acceptors (Lipinski definition) is 4. The second-order valence-corrected chi connectivity index (χ2v) is 4.98. The molecule has 0 saturated carbocycles. The molecule has 0 heterocycles. The van der Waals surface area contributed by atoms with Gasteiger partial charge in [-0.2, -0.15) is 0 Å². The Morgan fingerprint density at radius 3 is 2.80 bits per heavy atom. The molecular weight excluding hydrogens is 278 g/mol. The predicted molar refractivity (Wildman–Crippen MR) is 80.0 cm³/mol. The summed E-state index contributed by atoms with van der Waals surface area (Å²) in [4.78, 5) is 11.2. The lowest BCUT2D eigenvalue weighted by Gasteiger charge is -2.16. The van der Waals surface area contributed by atoms with Crippen LogP contribution < -0.4 is 10.5 Å². The van der Waals surface area contributed by atoms with Crippen molar-refractivity contribution in [2.75, 3.05) is 13.7 Å². The smallest absolute Gasteiger partial charge is 0.305 e. The molecule has 1 aromatic rings. The molecule has 0 aliphatic rings. The van der Waals surface area contributed by atoms with Crippen molar-refractivity contribution in [3.05, 3.63) is 28.8 Å². The average molecular weight is 300 g/mol. The van der Waals surface area contributed by atoms with Gasteiger partial charge in [0.1, 0.15) is 5.75 Å². The molecule has 2 N–H and O–H groups in total. The lowest BCUT2D eigenvalue weighted by atomic mass is 10.0. The van der Waals surface area contributed by atoms with E-state index in [1.54, 1.807) is 20.1 Å². The molecule has 0 radical (unpaired) electrons. The minimum absolute atomic E-state index is 0.147. The summed E-state index contributed by atoms with van der Waals surface area (Å²) in [5, 5.41) is 0.641. The van der Waals surface area contributed by atoms with Crippen molar-refractivity contribution < 1.29 is 14.3 Å². The maximum Gasteiger partial charge on any atom is 0.305 e. The summed E-state index contributed by atoms with van der Waals surface area (Å²) in [5.41, 5.74) is 7.06. The minimum Gasteiger partial charge on any atom is -0.496 e. The van der Waals surface area contributed by atoms with Gasteiger partial charge in [0.25, 0.3) is 0 Å². The first-order valence-corrected chi connectivity index (χ1v) is 7.21. The van der Waals surface area contributed by atoms with E-state index in [1.807, 2.05) is 12.1 Å². The van der Waals surface area contributed by atoms with E-state index in [1.165, 1.54) is 0 Å². The Balaban J connectivity index is 2.45. The SMILES string of the molecule is CCOC(=O)CCCCC(N)c1cc(Cl)ccc1OC. The monoisotopic (exact) mass is 299 g/mol. The molecule has 0 saturated heterocycles. The number of hydrogen-bond donors (Lipinski definition) is 1. The van der Waals surface area contributed by atoms with Crippen molar-refractivity contribution in [2.45, 2.75) is 38.6 Å². The summed E-state index contributed by atoms with van der Waals surface area (Å²) < 4.78 is 10.2. The van der Waals surface area contributed by atoms with Crippen LogP contribution in [0.5, 0.6) is 5.75 Å². The summed E-state index contributed by atoms with van der Waals surface area (Å²) in [7, 11) is 1.61. The number of rotatable bonds is 8. The van der Waals surface area contributed by atoms with Crippen molar-refractivity contribution in [1.29, 1.82) is 0 Å². The Morgan fingerprint density at radius 1 is 1.40 bits per heavy atom. The lowest BCUT2D eigenvalue weighted by molar-refractivity contribution is -0.143. The molecule has 0 aliphatic carbocycles. The molecule has 1 unspecified atom stereocenters. The zero-order valence-electron chi connectivity index (χ0n) is 12.0. The fourth-order valence-electron chi connectivity index (χ4n) is 2.02. The summed E-state index contributed by atoms with van der Waals surface area (Å²) in [6.45, 7) is 2.23. The van der Waals surface area contributed by atoms with E-state index in [4.69, 9.17) is 26.8 Å². The van der Waals surface area contributed by atoms with Crippen LogP contribution in [0.15, 0.2) is 18.2 Å². The first-order valence-electron chi connectivity index (χ1n) is 6.83. The molecule has 0 spiro atoms. The van der Waals surface area contributed by atoms with Gasteiger partial charge in [-0.3, -0.25) is 4.79 Å². The molecule has 0 fully saturated rings. The van der Waals surface area contributed by atoms with Crippen LogP contribution in [-0.2, 0) is 9.53 Å². The maximum atomic E-state index is 11.2. The number of ether oxygens (including phenoxy) is 2. The zero-order valence-corrected chi connectivity index (χ0v) is 12.8. The zero-order chi connectivity index (χ0) is 15.0. The number of nitrogens with two attached hydrogens (primary N) is 1. The van der Waals surface area contributed by atoms with E-state index in [-0.39, 0.29) is 12.0 Å². The number of methoxy groups -OCH3 is 1. The molecule has 0 bridgehead atoms. The van der Waals surface area contributed by atoms with Crippen molar-refractivity contribution in [2.24, 2.45) is 5.73 Å². The van der Waals surface area contributed by atoms with Crippen LogP contribution in [0.1, 0.15) is 44.2 Å². The largest absolute Gasteiger partial charge is 0.496 e. The molecule has 112 valence electrons. The topological polar surface area (TPSA) is 61.5 Å². The molecule has 5 heteroatoms. The molecule has 1 atom stereocenters. The Bertz CT molecular complexity index is 437. The van der Waals surface area contributed by atoms with Gasteiger partial charge < -0.3 is 15.2 Å². The molecular formula is C15H22ClNO3. The van der Waals surface area contributed by atoms with E-state index in [9.17, 15) is 4.79 Å². The van der Waals surface area contributed by atoms with E-state index >= 15 is 0 Å². The van der Waals surface area contributed by atoms with E-state index in [0.717, 1.165) is 30.6 Å². The number of halogens is 1. The van der Waals surface area contributed by atoms with Gasteiger partial charge in [-0.15, -0.1) is 0 Å². The summed E-state index contributed by atoms with van der Waals surface area (Å²) in [6, 6.07) is 5.27. The van der Waals surface area contributed by atoms with Crippen molar-refractivity contribution in [3.63, 3.8) is 0 Å². The fraction of sp³-hybridized carbons (Fsp3) is 0.533. The maximum absolute atomic E-state index is 11.2. The third kappa shape index (κ3) is 5.39. The Hall–Kier alpha value is -1.26. The number of benzene rings is 1. The second kappa shape index (κ2) is 8.82. The van der Waals surface area contributed by atoms with Crippen molar-refractivity contribution in [3.8, 4) is 5.75 Å². The normalized spacial score (nSPS) is 12.0. The Labute approximate surface area is 125 Å². The third-order valence-corrected chi connectivity index (χ3v) is 3.28. The van der Waals surface area contributed by atoms with Crippen LogP contribution >= 0.6 is 11.6 Å². The van der Waals surface area contributed by atoms with Crippen LogP contribution in [-0.4, -0.2) is 19.7 Å². The molecule has 0 amide bonds. The fourth-order valence-corrected chi connectivity index (χ4v) is 2.20. The van der Waals surface area contributed by atoms with Crippen LogP contribution in [0.4, 0.5) is 0 Å². The van der Waals surface area contributed by atoms with Gasteiger partial charge in [0.2, 0.25) is 0 Å². The first kappa shape index (κ1) is 16.8. The highest BCUT2D eigenvalue weighted by Crippen LogP contribution is 2.29. The Kier molecular flexibility index (Phi) is 7.41. The van der Waals surface area contributed by atoms with E-state index < -0.39 is 0 Å². The van der Waals surface area contributed by atoms with Crippen LogP contribution in [0.2, 0.25) is 5.02 Å². The van der Waals surface area contributed by atoms with E-state index in [0.29, 0.717) is 18.1 Å². The van der Waals surface area contributed by atoms with E-state index in [2.05, 4.69) is 0 Å². The minimum atomic E-state index is -0.151. The summed E-state index contributed by atoms with van der Waals surface area (Å²) in [5.74, 6) is 0.591. The number of esters is 1. The average Bonchev–Trinajstić information content (AvgIpc) is 2.43. The highest BCUT2D eigenvalue weighted by Gasteiger charge is 2.12. The number of carbonyl (C=O) groups excluding carboxylic acids is 1. The molecule has 1 rings (SSSR count). The van der Waals surface area contributed by atoms with Gasteiger partial charge in [0.15, 0.2) is 0 Å². The lowest BCUT2D eigenvalue weighted by Crippen LogP contribution is -2.12. The highest BCUT2D eigenvalue weighted by atomic mass is 35.5. The van der Waals surface area contributed by atoms with Crippen molar-refractivity contribution >= 4 is 17.6 Å². The molecule has 20 heavy (non-hydrogen) atoms. The summed E-state index contributed by atoms with van der Waals surface area (Å²) >= 11 is 5.98. The number of unbranched alkanes of at least 4 members (excludes halogenated alkanes) is 1.